The molecule has 0 saturated carbocycles. The van der Waals surface area contributed by atoms with Crippen molar-refractivity contribution in [3.8, 4) is 5.75 Å². The first kappa shape index (κ1) is 15.8. The molecule has 106 valence electrons. The van der Waals surface area contributed by atoms with Crippen molar-refractivity contribution in [2.75, 3.05) is 13.7 Å². The lowest BCUT2D eigenvalue weighted by molar-refractivity contribution is -0.143. The average molecular weight is 286 g/mol. The zero-order chi connectivity index (χ0) is 13.0. The number of phenolic OH excluding ortho intramolecular Hbond substituents is 1. The number of methoxy groups -OCH3 is 1. The molecule has 1 aliphatic heterocycles. The van der Waals surface area contributed by atoms with E-state index in [1.54, 1.807) is 18.2 Å². The zero-order valence-electron chi connectivity index (χ0n) is 11.0. The molecule has 1 fully saturated rings. The molecule has 5 heteroatoms. The Labute approximate surface area is 119 Å². The maximum atomic E-state index is 12.0. The predicted octanol–water partition coefficient (Wildman–Crippen LogP) is 2.21. The Balaban J connectivity index is 0.00000180. The first-order valence-electron chi connectivity index (χ1n) is 6.33. The third-order valence-electron chi connectivity index (χ3n) is 3.48. The molecule has 2 N–H and O–H groups in total. The summed E-state index contributed by atoms with van der Waals surface area (Å²) in [5, 5.41) is 13.3. The van der Waals surface area contributed by atoms with Gasteiger partial charge >= 0.3 is 5.97 Å². The number of halogens is 1. The molecule has 1 aromatic rings. The Bertz CT molecular complexity index is 419. The lowest BCUT2D eigenvalue weighted by Crippen LogP contribution is -2.42. The Hall–Kier alpha value is -1.26. The Morgan fingerprint density at radius 3 is 2.74 bits per heavy atom. The minimum atomic E-state index is -0.434. The van der Waals surface area contributed by atoms with Gasteiger partial charge in [-0.25, -0.2) is 0 Å². The summed E-state index contributed by atoms with van der Waals surface area (Å²) in [7, 11) is 1.39. The smallest absolute Gasteiger partial charge is 0.314 e. The fourth-order valence-electron chi connectivity index (χ4n) is 2.55. The van der Waals surface area contributed by atoms with Crippen LogP contribution in [0, 0.1) is 0 Å². The summed E-state index contributed by atoms with van der Waals surface area (Å²) in [5.74, 6) is -0.576. The second-order valence-corrected chi connectivity index (χ2v) is 4.62. The predicted molar refractivity (Wildman–Crippen MR) is 75.8 cm³/mol. The summed E-state index contributed by atoms with van der Waals surface area (Å²) < 4.78 is 4.88. The van der Waals surface area contributed by atoms with Crippen molar-refractivity contribution in [1.82, 2.24) is 5.32 Å². The van der Waals surface area contributed by atoms with Crippen molar-refractivity contribution in [3.05, 3.63) is 29.8 Å². The van der Waals surface area contributed by atoms with Gasteiger partial charge in [0.05, 0.1) is 7.11 Å². The van der Waals surface area contributed by atoms with Gasteiger partial charge in [-0.2, -0.15) is 0 Å². The maximum Gasteiger partial charge on any atom is 0.314 e. The normalized spacial score (nSPS) is 20.2. The van der Waals surface area contributed by atoms with Crippen LogP contribution in [0.2, 0.25) is 0 Å². The van der Waals surface area contributed by atoms with Gasteiger partial charge < -0.3 is 15.2 Å². The third-order valence-corrected chi connectivity index (χ3v) is 3.48. The Kier molecular flexibility index (Phi) is 6.12. The standard InChI is InChI=1S/C14H19NO3.ClH/c1-18-14(17)13(11-7-4-5-9-15-11)10-6-2-3-8-12(10)16;/h2-3,6,8,11,13,15-16H,4-5,7,9H2,1H3;1H/t11-,13-;/m0./s1. The number of aromatic hydroxyl groups is 1. The molecule has 2 atom stereocenters. The first-order valence-corrected chi connectivity index (χ1v) is 6.33. The van der Waals surface area contributed by atoms with Gasteiger partial charge in [0, 0.05) is 11.6 Å². The van der Waals surface area contributed by atoms with Gasteiger partial charge in [-0.15, -0.1) is 12.4 Å². The van der Waals surface area contributed by atoms with Crippen LogP contribution < -0.4 is 5.32 Å². The molecule has 1 saturated heterocycles. The Morgan fingerprint density at radius 2 is 2.16 bits per heavy atom. The minimum absolute atomic E-state index is 0. The average Bonchev–Trinajstić information content (AvgIpc) is 2.42. The summed E-state index contributed by atoms with van der Waals surface area (Å²) in [4.78, 5) is 12.0. The second kappa shape index (κ2) is 7.36. The van der Waals surface area contributed by atoms with Gasteiger partial charge in [-0.1, -0.05) is 24.6 Å². The molecule has 0 radical (unpaired) electrons. The molecule has 1 aliphatic rings. The number of carbonyl (C=O) groups excluding carboxylic acids is 1. The molecular weight excluding hydrogens is 266 g/mol. The first-order chi connectivity index (χ1) is 8.74. The lowest BCUT2D eigenvalue weighted by atomic mass is 9.86. The summed E-state index contributed by atoms with van der Waals surface area (Å²) in [5.41, 5.74) is 0.642. The van der Waals surface area contributed by atoms with Crippen LogP contribution in [0.5, 0.6) is 5.75 Å². The van der Waals surface area contributed by atoms with E-state index in [9.17, 15) is 9.90 Å². The van der Waals surface area contributed by atoms with E-state index in [1.165, 1.54) is 7.11 Å². The maximum absolute atomic E-state index is 12.0. The van der Waals surface area contributed by atoms with E-state index < -0.39 is 5.92 Å². The summed E-state index contributed by atoms with van der Waals surface area (Å²) >= 11 is 0. The van der Waals surface area contributed by atoms with Gasteiger partial charge in [0.2, 0.25) is 0 Å². The highest BCUT2D eigenvalue weighted by atomic mass is 35.5. The molecule has 0 aromatic heterocycles. The van der Waals surface area contributed by atoms with Gasteiger partial charge in [0.15, 0.2) is 0 Å². The number of esters is 1. The Morgan fingerprint density at radius 1 is 1.42 bits per heavy atom. The van der Waals surface area contributed by atoms with Crippen LogP contribution >= 0.6 is 12.4 Å². The number of rotatable bonds is 3. The van der Waals surface area contributed by atoms with Crippen LogP contribution in [0.4, 0.5) is 0 Å². The quantitative estimate of drug-likeness (QED) is 0.836. The van der Waals surface area contributed by atoms with Crippen LogP contribution in [0.15, 0.2) is 24.3 Å². The number of phenols is 1. The van der Waals surface area contributed by atoms with E-state index in [2.05, 4.69) is 5.32 Å². The SMILES string of the molecule is COC(=O)[C@@H](c1ccccc1O)[C@@H]1CCCCN1.Cl. The van der Waals surface area contributed by atoms with Crippen molar-refractivity contribution < 1.29 is 14.6 Å². The minimum Gasteiger partial charge on any atom is -0.508 e. The zero-order valence-corrected chi connectivity index (χ0v) is 11.8. The number of nitrogens with one attached hydrogen (secondary N) is 1. The molecule has 4 nitrogen and oxygen atoms in total. The summed E-state index contributed by atoms with van der Waals surface area (Å²) in [6.45, 7) is 0.908. The molecule has 0 amide bonds. The van der Waals surface area contributed by atoms with E-state index in [1.807, 2.05) is 6.07 Å². The van der Waals surface area contributed by atoms with E-state index in [4.69, 9.17) is 4.74 Å². The number of ether oxygens (including phenoxy) is 1. The fraction of sp³-hybridized carbons (Fsp3) is 0.500. The van der Waals surface area contributed by atoms with Crippen molar-refractivity contribution >= 4 is 18.4 Å². The van der Waals surface area contributed by atoms with Crippen LogP contribution in [0.3, 0.4) is 0 Å². The van der Waals surface area contributed by atoms with Gasteiger partial charge in [-0.3, -0.25) is 4.79 Å². The molecule has 2 rings (SSSR count). The molecule has 1 heterocycles. The monoisotopic (exact) mass is 285 g/mol. The molecule has 0 unspecified atom stereocenters. The highest BCUT2D eigenvalue weighted by molar-refractivity contribution is 5.85. The van der Waals surface area contributed by atoms with E-state index in [0.29, 0.717) is 5.56 Å². The highest BCUT2D eigenvalue weighted by Gasteiger charge is 2.33. The lowest BCUT2D eigenvalue weighted by Gasteiger charge is -2.30. The summed E-state index contributed by atoms with van der Waals surface area (Å²) in [6.07, 6.45) is 3.15. The third kappa shape index (κ3) is 3.61. The number of piperidine rings is 1. The second-order valence-electron chi connectivity index (χ2n) is 4.62. The summed E-state index contributed by atoms with van der Waals surface area (Å²) in [6, 6.07) is 7.01. The largest absolute Gasteiger partial charge is 0.508 e. The van der Waals surface area contributed by atoms with E-state index >= 15 is 0 Å². The number of hydrogen-bond acceptors (Lipinski definition) is 4. The van der Waals surface area contributed by atoms with E-state index in [0.717, 1.165) is 25.8 Å². The van der Waals surface area contributed by atoms with Crippen molar-refractivity contribution in [2.45, 2.75) is 31.2 Å². The van der Waals surface area contributed by atoms with E-state index in [-0.39, 0.29) is 30.2 Å². The topological polar surface area (TPSA) is 58.6 Å². The highest BCUT2D eigenvalue weighted by Crippen LogP contribution is 2.32. The van der Waals surface area contributed by atoms with Crippen LogP contribution in [0.1, 0.15) is 30.7 Å². The van der Waals surface area contributed by atoms with Crippen molar-refractivity contribution in [3.63, 3.8) is 0 Å². The van der Waals surface area contributed by atoms with Crippen molar-refractivity contribution in [2.24, 2.45) is 0 Å². The molecule has 0 spiro atoms. The molecule has 1 aromatic carbocycles. The van der Waals surface area contributed by atoms with Gasteiger partial charge in [-0.05, 0) is 25.5 Å². The van der Waals surface area contributed by atoms with Crippen LogP contribution in [0.25, 0.3) is 0 Å². The fourth-order valence-corrected chi connectivity index (χ4v) is 2.55. The van der Waals surface area contributed by atoms with Gasteiger partial charge in [0.1, 0.15) is 11.7 Å². The molecule has 0 bridgehead atoms. The number of carbonyl (C=O) groups is 1. The molecule has 19 heavy (non-hydrogen) atoms. The van der Waals surface area contributed by atoms with Gasteiger partial charge in [0.25, 0.3) is 0 Å². The molecular formula is C14H20ClNO3. The number of benzene rings is 1. The van der Waals surface area contributed by atoms with Crippen LogP contribution in [-0.4, -0.2) is 30.8 Å². The number of hydrogen-bond donors (Lipinski definition) is 2. The molecule has 0 aliphatic carbocycles. The van der Waals surface area contributed by atoms with Crippen molar-refractivity contribution in [1.29, 1.82) is 0 Å². The van der Waals surface area contributed by atoms with Crippen LogP contribution in [-0.2, 0) is 9.53 Å². The number of para-hydroxylation sites is 1.